The number of H-pyrrole nitrogens is 1. The Morgan fingerprint density at radius 2 is 1.85 bits per heavy atom. The number of fused-ring (bicyclic) bond motifs is 2. The maximum absolute atomic E-state index is 4.62. The number of aromatic nitrogens is 3. The number of aromatic amines is 1. The Kier molecular flexibility index (Phi) is 2.33. The number of para-hydroxylation sites is 2. The largest absolute Gasteiger partial charge is 0.338 e. The zero-order valence-corrected chi connectivity index (χ0v) is 11.1. The van der Waals surface area contributed by atoms with Crippen LogP contribution >= 0.6 is 0 Å². The molecular formula is C17H13N3. The van der Waals surface area contributed by atoms with E-state index in [2.05, 4.69) is 40.1 Å². The minimum atomic E-state index is 0.863. The highest BCUT2D eigenvalue weighted by molar-refractivity contribution is 5.85. The first-order valence-electron chi connectivity index (χ1n) is 6.61. The van der Waals surface area contributed by atoms with E-state index in [-0.39, 0.29) is 0 Å². The van der Waals surface area contributed by atoms with E-state index in [0.29, 0.717) is 0 Å². The number of aryl methyl sites for hydroxylation is 1. The number of nitrogens with zero attached hydrogens (tertiary/aromatic N) is 2. The molecule has 96 valence electrons. The topological polar surface area (TPSA) is 41.6 Å². The number of hydrogen-bond acceptors (Lipinski definition) is 2. The monoisotopic (exact) mass is 259 g/mol. The van der Waals surface area contributed by atoms with Crippen LogP contribution in [0.3, 0.4) is 0 Å². The summed E-state index contributed by atoms with van der Waals surface area (Å²) in [6.45, 7) is 2.09. The van der Waals surface area contributed by atoms with Crippen LogP contribution < -0.4 is 0 Å². The van der Waals surface area contributed by atoms with Crippen LogP contribution in [-0.2, 0) is 0 Å². The Balaban J connectivity index is 1.92. The van der Waals surface area contributed by atoms with Crippen LogP contribution in [0.5, 0.6) is 0 Å². The van der Waals surface area contributed by atoms with E-state index in [4.69, 9.17) is 0 Å². The van der Waals surface area contributed by atoms with Gasteiger partial charge in [0.2, 0.25) is 0 Å². The van der Waals surface area contributed by atoms with E-state index in [1.54, 1.807) is 0 Å². The highest BCUT2D eigenvalue weighted by Gasteiger charge is 2.06. The lowest BCUT2D eigenvalue weighted by molar-refractivity contribution is 1.30. The molecule has 0 unspecified atom stereocenters. The molecule has 0 atom stereocenters. The van der Waals surface area contributed by atoms with Crippen LogP contribution in [0, 0.1) is 6.92 Å². The third-order valence-corrected chi connectivity index (χ3v) is 3.50. The quantitative estimate of drug-likeness (QED) is 0.559. The molecule has 0 aliphatic heterocycles. The predicted octanol–water partition coefficient (Wildman–Crippen LogP) is 4.09. The van der Waals surface area contributed by atoms with Gasteiger partial charge in [0.25, 0.3) is 0 Å². The molecule has 2 aromatic carbocycles. The molecule has 0 spiro atoms. The van der Waals surface area contributed by atoms with Crippen LogP contribution in [0.1, 0.15) is 5.56 Å². The molecule has 0 saturated carbocycles. The summed E-state index contributed by atoms with van der Waals surface area (Å²) in [4.78, 5) is 12.5. The Morgan fingerprint density at radius 3 is 2.75 bits per heavy atom. The van der Waals surface area contributed by atoms with Gasteiger partial charge < -0.3 is 4.98 Å². The summed E-state index contributed by atoms with van der Waals surface area (Å²) in [6, 6.07) is 16.4. The normalized spacial score (nSPS) is 11.2. The minimum absolute atomic E-state index is 0.863. The second-order valence-electron chi connectivity index (χ2n) is 5.02. The van der Waals surface area contributed by atoms with Crippen molar-refractivity contribution in [3.63, 3.8) is 0 Å². The van der Waals surface area contributed by atoms with E-state index in [1.807, 2.05) is 36.5 Å². The summed E-state index contributed by atoms with van der Waals surface area (Å²) in [7, 11) is 0. The Hall–Kier alpha value is -2.68. The molecule has 3 nitrogen and oxygen atoms in total. The number of benzene rings is 2. The number of nitrogens with one attached hydrogen (secondary N) is 1. The predicted molar refractivity (Wildman–Crippen MR) is 81.6 cm³/mol. The van der Waals surface area contributed by atoms with Gasteiger partial charge in [-0.15, -0.1) is 0 Å². The summed E-state index contributed by atoms with van der Waals surface area (Å²) < 4.78 is 0. The van der Waals surface area contributed by atoms with Crippen LogP contribution in [-0.4, -0.2) is 15.0 Å². The average Bonchev–Trinajstić information content (AvgIpc) is 2.90. The molecule has 0 radical (unpaired) electrons. The first-order valence-corrected chi connectivity index (χ1v) is 6.61. The number of rotatable bonds is 1. The summed E-state index contributed by atoms with van der Waals surface area (Å²) in [5, 5.41) is 1.14. The van der Waals surface area contributed by atoms with Gasteiger partial charge >= 0.3 is 0 Å². The lowest BCUT2D eigenvalue weighted by Crippen LogP contribution is -1.85. The van der Waals surface area contributed by atoms with Gasteiger partial charge in [0.15, 0.2) is 0 Å². The van der Waals surface area contributed by atoms with Gasteiger partial charge in [-0.3, -0.25) is 4.98 Å². The Morgan fingerprint density at radius 1 is 0.950 bits per heavy atom. The van der Waals surface area contributed by atoms with E-state index in [9.17, 15) is 0 Å². The van der Waals surface area contributed by atoms with Crippen LogP contribution in [0.4, 0.5) is 0 Å². The van der Waals surface area contributed by atoms with Gasteiger partial charge in [-0.25, -0.2) is 4.98 Å². The molecule has 20 heavy (non-hydrogen) atoms. The fraction of sp³-hybridized carbons (Fsp3) is 0.0588. The number of hydrogen-bond donors (Lipinski definition) is 1. The second-order valence-corrected chi connectivity index (χ2v) is 5.02. The van der Waals surface area contributed by atoms with E-state index < -0.39 is 0 Å². The summed E-state index contributed by atoms with van der Waals surface area (Å²) in [6.07, 6.45) is 1.87. The van der Waals surface area contributed by atoms with Gasteiger partial charge in [0, 0.05) is 17.1 Å². The highest BCUT2D eigenvalue weighted by atomic mass is 14.9. The smallest absolute Gasteiger partial charge is 0.140 e. The minimum Gasteiger partial charge on any atom is -0.338 e. The van der Waals surface area contributed by atoms with Gasteiger partial charge in [-0.2, -0.15) is 0 Å². The van der Waals surface area contributed by atoms with E-state index in [1.165, 1.54) is 5.56 Å². The van der Waals surface area contributed by atoms with Gasteiger partial charge in [-0.05, 0) is 37.3 Å². The van der Waals surface area contributed by atoms with E-state index in [0.717, 1.165) is 33.3 Å². The van der Waals surface area contributed by atoms with Crippen molar-refractivity contribution in [1.82, 2.24) is 15.0 Å². The number of imidazole rings is 1. The third kappa shape index (κ3) is 1.75. The Bertz CT molecular complexity index is 889. The zero-order valence-electron chi connectivity index (χ0n) is 11.1. The van der Waals surface area contributed by atoms with Gasteiger partial charge in [0.1, 0.15) is 5.82 Å². The zero-order chi connectivity index (χ0) is 13.5. The fourth-order valence-electron chi connectivity index (χ4n) is 2.47. The summed E-state index contributed by atoms with van der Waals surface area (Å²) in [5.74, 6) is 0.863. The third-order valence-electron chi connectivity index (χ3n) is 3.50. The molecule has 1 N–H and O–H groups in total. The first-order chi connectivity index (χ1) is 9.79. The molecule has 0 saturated heterocycles. The molecule has 0 bridgehead atoms. The number of pyridine rings is 1. The standard InChI is InChI=1S/C17H13N3/c1-11-6-7-14-12(8-11)9-13(10-18-14)17-19-15-4-2-3-5-16(15)20-17/h2-10H,1H3,(H,19,20). The van der Waals surface area contributed by atoms with Crippen LogP contribution in [0.2, 0.25) is 0 Å². The molecule has 2 heterocycles. The van der Waals surface area contributed by atoms with Crippen molar-refractivity contribution in [2.45, 2.75) is 6.92 Å². The van der Waals surface area contributed by atoms with Crippen LogP contribution in [0.25, 0.3) is 33.3 Å². The van der Waals surface area contributed by atoms with Gasteiger partial charge in [-0.1, -0.05) is 23.8 Å². The van der Waals surface area contributed by atoms with Crippen LogP contribution in [0.15, 0.2) is 54.7 Å². The van der Waals surface area contributed by atoms with Crippen molar-refractivity contribution in [3.8, 4) is 11.4 Å². The highest BCUT2D eigenvalue weighted by Crippen LogP contribution is 2.23. The Labute approximate surface area is 116 Å². The fourth-order valence-corrected chi connectivity index (χ4v) is 2.47. The second kappa shape index (κ2) is 4.17. The summed E-state index contributed by atoms with van der Waals surface area (Å²) in [5.41, 5.74) is 5.29. The van der Waals surface area contributed by atoms with Crippen molar-refractivity contribution in [2.24, 2.45) is 0 Å². The maximum Gasteiger partial charge on any atom is 0.140 e. The molecule has 0 aliphatic carbocycles. The molecule has 0 amide bonds. The molecule has 3 heteroatoms. The molecule has 4 rings (SSSR count). The van der Waals surface area contributed by atoms with E-state index >= 15 is 0 Å². The first kappa shape index (κ1) is 11.2. The van der Waals surface area contributed by atoms with Crippen molar-refractivity contribution >= 4 is 21.9 Å². The van der Waals surface area contributed by atoms with Crippen molar-refractivity contribution in [2.75, 3.05) is 0 Å². The maximum atomic E-state index is 4.62. The van der Waals surface area contributed by atoms with Crippen molar-refractivity contribution in [1.29, 1.82) is 0 Å². The molecule has 4 aromatic rings. The molecular weight excluding hydrogens is 246 g/mol. The molecule has 0 aliphatic rings. The summed E-state index contributed by atoms with van der Waals surface area (Å²) >= 11 is 0. The molecule has 0 fully saturated rings. The molecule has 2 aromatic heterocycles. The van der Waals surface area contributed by atoms with Gasteiger partial charge in [0.05, 0.1) is 16.6 Å². The SMILES string of the molecule is Cc1ccc2ncc(-c3nc4ccccc4[nH]3)cc2c1. The van der Waals surface area contributed by atoms with Crippen molar-refractivity contribution in [3.05, 3.63) is 60.3 Å². The average molecular weight is 259 g/mol. The van der Waals surface area contributed by atoms with Crippen molar-refractivity contribution < 1.29 is 0 Å². The lowest BCUT2D eigenvalue weighted by atomic mass is 10.1. The lowest BCUT2D eigenvalue weighted by Gasteiger charge is -2.01.